The van der Waals surface area contributed by atoms with E-state index in [0.717, 1.165) is 29.8 Å². The van der Waals surface area contributed by atoms with Crippen LogP contribution in [0.4, 0.5) is 0 Å². The SMILES string of the molecule is CCN(CC)C(=O)c1ccc([C@H](c2cccc(O)c2)N2C[C@@H](C)N(Cc3ccccc3C(=O)O)C[C@@H]2C)cc1. The van der Waals surface area contributed by atoms with Crippen LogP contribution in [0.5, 0.6) is 5.75 Å². The third-order valence-electron chi connectivity index (χ3n) is 7.83. The van der Waals surface area contributed by atoms with E-state index in [1.54, 1.807) is 18.2 Å². The number of amides is 1. The number of carbonyl (C=O) groups is 2. The van der Waals surface area contributed by atoms with Gasteiger partial charge in [0.05, 0.1) is 11.6 Å². The highest BCUT2D eigenvalue weighted by Gasteiger charge is 2.35. The number of phenolic OH excluding ortho intramolecular Hbond substituents is 1. The van der Waals surface area contributed by atoms with E-state index in [-0.39, 0.29) is 29.8 Å². The van der Waals surface area contributed by atoms with Crippen molar-refractivity contribution in [1.82, 2.24) is 14.7 Å². The van der Waals surface area contributed by atoms with Gasteiger partial charge >= 0.3 is 5.97 Å². The van der Waals surface area contributed by atoms with Crippen LogP contribution < -0.4 is 0 Å². The Morgan fingerprint density at radius 3 is 2.23 bits per heavy atom. The summed E-state index contributed by atoms with van der Waals surface area (Å²) in [6.07, 6.45) is 0. The number of carbonyl (C=O) groups excluding carboxylic acids is 1. The van der Waals surface area contributed by atoms with Crippen molar-refractivity contribution in [2.45, 2.75) is 52.4 Å². The van der Waals surface area contributed by atoms with Crippen LogP contribution in [0.1, 0.15) is 71.1 Å². The van der Waals surface area contributed by atoms with E-state index in [0.29, 0.717) is 30.8 Å². The Kier molecular flexibility index (Phi) is 9.04. The number of hydrogen-bond acceptors (Lipinski definition) is 5. The number of piperazine rings is 1. The molecule has 1 fully saturated rings. The molecule has 0 spiro atoms. The van der Waals surface area contributed by atoms with Gasteiger partial charge in [-0.25, -0.2) is 4.79 Å². The van der Waals surface area contributed by atoms with Crippen LogP contribution in [0, 0.1) is 0 Å². The van der Waals surface area contributed by atoms with E-state index >= 15 is 0 Å². The molecule has 1 saturated heterocycles. The number of benzene rings is 3. The van der Waals surface area contributed by atoms with Crippen molar-refractivity contribution in [1.29, 1.82) is 0 Å². The van der Waals surface area contributed by atoms with Crippen molar-refractivity contribution in [2.24, 2.45) is 0 Å². The molecule has 39 heavy (non-hydrogen) atoms. The van der Waals surface area contributed by atoms with Crippen molar-refractivity contribution < 1.29 is 19.8 Å². The van der Waals surface area contributed by atoms with Crippen molar-refractivity contribution in [2.75, 3.05) is 26.2 Å². The molecule has 3 aromatic carbocycles. The van der Waals surface area contributed by atoms with Gasteiger partial charge in [-0.1, -0.05) is 42.5 Å². The van der Waals surface area contributed by atoms with E-state index in [1.165, 1.54) is 0 Å². The lowest BCUT2D eigenvalue weighted by molar-refractivity contribution is 0.0192. The molecule has 7 heteroatoms. The first-order valence-corrected chi connectivity index (χ1v) is 13.7. The molecule has 0 saturated carbocycles. The first kappa shape index (κ1) is 28.3. The fourth-order valence-corrected chi connectivity index (χ4v) is 5.66. The molecule has 7 nitrogen and oxygen atoms in total. The lowest BCUT2D eigenvalue weighted by Gasteiger charge is -2.48. The first-order valence-electron chi connectivity index (χ1n) is 13.7. The average molecular weight is 530 g/mol. The molecule has 3 aromatic rings. The number of phenols is 1. The minimum Gasteiger partial charge on any atom is -0.508 e. The molecule has 4 rings (SSSR count). The molecule has 1 heterocycles. The van der Waals surface area contributed by atoms with Gasteiger partial charge in [0.15, 0.2) is 0 Å². The molecule has 2 N–H and O–H groups in total. The third-order valence-corrected chi connectivity index (χ3v) is 7.83. The van der Waals surface area contributed by atoms with Gasteiger partial charge in [-0.3, -0.25) is 14.6 Å². The predicted molar refractivity (Wildman–Crippen MR) is 153 cm³/mol. The zero-order chi connectivity index (χ0) is 28.1. The van der Waals surface area contributed by atoms with Gasteiger partial charge < -0.3 is 15.1 Å². The predicted octanol–water partition coefficient (Wildman–Crippen LogP) is 5.26. The molecular weight excluding hydrogens is 490 g/mol. The maximum atomic E-state index is 12.9. The van der Waals surface area contributed by atoms with Crippen LogP contribution in [0.15, 0.2) is 72.8 Å². The second-order valence-electron chi connectivity index (χ2n) is 10.4. The Labute approximate surface area is 231 Å². The van der Waals surface area contributed by atoms with Gasteiger partial charge in [0.25, 0.3) is 5.91 Å². The van der Waals surface area contributed by atoms with E-state index < -0.39 is 5.97 Å². The highest BCUT2D eigenvalue weighted by Crippen LogP contribution is 2.35. The number of nitrogens with zero attached hydrogens (tertiary/aromatic N) is 3. The highest BCUT2D eigenvalue weighted by molar-refractivity contribution is 5.94. The van der Waals surface area contributed by atoms with Gasteiger partial charge in [0.2, 0.25) is 0 Å². The standard InChI is InChI=1S/C32H39N3O4/c1-5-33(6-2)31(37)25-16-14-24(15-17-25)30(26-11-9-12-28(36)18-26)35-20-22(3)34(19-23(35)4)21-27-10-7-8-13-29(27)32(38)39/h7-18,22-23,30,36H,5-6,19-21H2,1-4H3,(H,38,39)/t22-,23+,30-/m1/s1. The quantitative estimate of drug-likeness (QED) is 0.394. The number of carboxylic acids is 1. The smallest absolute Gasteiger partial charge is 0.336 e. The van der Waals surface area contributed by atoms with Crippen LogP contribution in [0.25, 0.3) is 0 Å². The zero-order valence-electron chi connectivity index (χ0n) is 23.2. The topological polar surface area (TPSA) is 84.3 Å². The maximum absolute atomic E-state index is 12.9. The van der Waals surface area contributed by atoms with E-state index in [9.17, 15) is 19.8 Å². The fraction of sp³-hybridized carbons (Fsp3) is 0.375. The second kappa shape index (κ2) is 12.5. The lowest BCUT2D eigenvalue weighted by Crippen LogP contribution is -2.56. The lowest BCUT2D eigenvalue weighted by atomic mass is 9.92. The Bertz CT molecular complexity index is 1290. The molecule has 0 radical (unpaired) electrons. The molecule has 1 amide bonds. The average Bonchev–Trinajstić information content (AvgIpc) is 2.92. The zero-order valence-corrected chi connectivity index (χ0v) is 23.2. The van der Waals surface area contributed by atoms with Gasteiger partial charge in [-0.05, 0) is 74.7 Å². The molecule has 206 valence electrons. The second-order valence-corrected chi connectivity index (χ2v) is 10.4. The molecular formula is C32H39N3O4. The fourth-order valence-electron chi connectivity index (χ4n) is 5.66. The molecule has 1 aliphatic heterocycles. The summed E-state index contributed by atoms with van der Waals surface area (Å²) in [6.45, 7) is 11.8. The minimum absolute atomic E-state index is 0.0257. The Morgan fingerprint density at radius 2 is 1.59 bits per heavy atom. The maximum Gasteiger partial charge on any atom is 0.336 e. The van der Waals surface area contributed by atoms with Crippen LogP contribution >= 0.6 is 0 Å². The van der Waals surface area contributed by atoms with Crippen molar-refractivity contribution in [3.05, 3.63) is 101 Å². The van der Waals surface area contributed by atoms with Crippen molar-refractivity contribution in [3.63, 3.8) is 0 Å². The van der Waals surface area contributed by atoms with Gasteiger partial charge in [-0.15, -0.1) is 0 Å². The van der Waals surface area contributed by atoms with Crippen LogP contribution in [-0.2, 0) is 6.54 Å². The molecule has 0 aliphatic carbocycles. The monoisotopic (exact) mass is 529 g/mol. The highest BCUT2D eigenvalue weighted by atomic mass is 16.4. The summed E-state index contributed by atoms with van der Waals surface area (Å²) in [6, 6.07) is 22.7. The van der Waals surface area contributed by atoms with E-state index in [4.69, 9.17) is 0 Å². The minimum atomic E-state index is -0.906. The first-order chi connectivity index (χ1) is 18.7. The summed E-state index contributed by atoms with van der Waals surface area (Å²) in [4.78, 5) is 31.2. The molecule has 0 aromatic heterocycles. The largest absolute Gasteiger partial charge is 0.508 e. The van der Waals surface area contributed by atoms with Crippen LogP contribution in [0.3, 0.4) is 0 Å². The van der Waals surface area contributed by atoms with Crippen LogP contribution in [0.2, 0.25) is 0 Å². The summed E-state index contributed by atoms with van der Waals surface area (Å²) < 4.78 is 0. The normalized spacial score (nSPS) is 19.0. The number of rotatable bonds is 9. The van der Waals surface area contributed by atoms with Gasteiger partial charge in [0, 0.05) is 50.4 Å². The number of aromatic carboxylic acids is 1. The van der Waals surface area contributed by atoms with Crippen molar-refractivity contribution >= 4 is 11.9 Å². The Morgan fingerprint density at radius 1 is 0.897 bits per heavy atom. The van der Waals surface area contributed by atoms with Gasteiger partial charge in [-0.2, -0.15) is 0 Å². The summed E-state index contributed by atoms with van der Waals surface area (Å²) in [5.41, 5.74) is 3.87. The summed E-state index contributed by atoms with van der Waals surface area (Å²) in [5.74, 6) is -0.662. The summed E-state index contributed by atoms with van der Waals surface area (Å²) >= 11 is 0. The third kappa shape index (κ3) is 6.32. The Balaban J connectivity index is 1.62. The Hall–Kier alpha value is -3.68. The van der Waals surface area contributed by atoms with E-state index in [1.807, 2.05) is 73.3 Å². The summed E-state index contributed by atoms with van der Waals surface area (Å²) in [7, 11) is 0. The molecule has 1 aliphatic rings. The van der Waals surface area contributed by atoms with Gasteiger partial charge in [0.1, 0.15) is 5.75 Å². The molecule has 0 unspecified atom stereocenters. The molecule has 3 atom stereocenters. The van der Waals surface area contributed by atoms with Crippen molar-refractivity contribution in [3.8, 4) is 5.75 Å². The number of aromatic hydroxyl groups is 1. The van der Waals surface area contributed by atoms with Crippen LogP contribution in [-0.4, -0.2) is 75.1 Å². The summed E-state index contributed by atoms with van der Waals surface area (Å²) in [5, 5.41) is 20.0. The number of carboxylic acid groups (broad SMARTS) is 1. The molecule has 0 bridgehead atoms. The number of hydrogen-bond donors (Lipinski definition) is 2. The van der Waals surface area contributed by atoms with E-state index in [2.05, 4.69) is 23.6 Å².